The molecule has 20 unspecified atom stereocenters. The summed E-state index contributed by atoms with van der Waals surface area (Å²) in [6.07, 6.45) is -23.6. The minimum atomic E-state index is -1.62. The topological polar surface area (TPSA) is 252 Å². The van der Waals surface area contributed by atoms with E-state index in [1.807, 2.05) is 0 Å². The van der Waals surface area contributed by atoms with Crippen molar-refractivity contribution in [1.82, 2.24) is 0 Å². The zero-order chi connectivity index (χ0) is 32.9. The van der Waals surface area contributed by atoms with Crippen LogP contribution in [0, 0.1) is 0 Å². The van der Waals surface area contributed by atoms with Gasteiger partial charge < -0.3 is 92.6 Å². The van der Waals surface area contributed by atoms with Gasteiger partial charge in [-0.15, -0.1) is 0 Å². The van der Waals surface area contributed by atoms with Gasteiger partial charge in [0, 0.05) is 21.3 Å². The molecular weight excluding hydrogens is 628 g/mol. The van der Waals surface area contributed by atoms with E-state index in [1.54, 1.807) is 0 Å². The third kappa shape index (κ3) is 6.35. The predicted molar refractivity (Wildman–Crippen MR) is 142 cm³/mol. The second-order valence-corrected chi connectivity index (χ2v) is 12.1. The van der Waals surface area contributed by atoms with Gasteiger partial charge in [0.2, 0.25) is 0 Å². The SMILES string of the molecule is COCC1OC(OC2C3COC2C(O)C(OC)O3)C(O)C(OC2OC3COC(C2O)C3OC2OC(CO)C(O)C(OC)C2O)C1O. The summed E-state index contributed by atoms with van der Waals surface area (Å²) < 4.78 is 68.0. The van der Waals surface area contributed by atoms with E-state index in [2.05, 4.69) is 0 Å². The fourth-order valence-corrected chi connectivity index (χ4v) is 6.87. The Morgan fingerprint density at radius 1 is 0.522 bits per heavy atom. The number of aliphatic hydroxyl groups excluding tert-OH is 7. The lowest BCUT2D eigenvalue weighted by molar-refractivity contribution is -0.372. The van der Waals surface area contributed by atoms with Gasteiger partial charge in [-0.3, -0.25) is 0 Å². The molecule has 19 heteroatoms. The average Bonchev–Trinajstić information content (AvgIpc) is 3.52. The quantitative estimate of drug-likeness (QED) is 0.108. The Morgan fingerprint density at radius 3 is 1.54 bits per heavy atom. The highest BCUT2D eigenvalue weighted by Gasteiger charge is 2.59. The Hall–Kier alpha value is -0.760. The molecule has 0 aliphatic carbocycles. The molecule has 0 spiro atoms. The molecule has 7 N–H and O–H groups in total. The molecule has 6 aliphatic rings. The number of ether oxygens (including phenoxy) is 12. The van der Waals surface area contributed by atoms with Crippen molar-refractivity contribution < 1.29 is 92.6 Å². The van der Waals surface area contributed by atoms with Crippen LogP contribution >= 0.6 is 0 Å². The minimum absolute atomic E-state index is 0.0407. The smallest absolute Gasteiger partial charge is 0.187 e. The third-order valence-corrected chi connectivity index (χ3v) is 9.31. The van der Waals surface area contributed by atoms with Gasteiger partial charge in [0.05, 0.1) is 26.4 Å². The Morgan fingerprint density at radius 2 is 1.00 bits per heavy atom. The minimum Gasteiger partial charge on any atom is -0.394 e. The maximum atomic E-state index is 11.3. The van der Waals surface area contributed by atoms with Gasteiger partial charge in [-0.05, 0) is 0 Å². The van der Waals surface area contributed by atoms with Crippen LogP contribution < -0.4 is 0 Å². The van der Waals surface area contributed by atoms with Crippen molar-refractivity contribution in [2.24, 2.45) is 0 Å². The number of rotatable bonds is 11. The van der Waals surface area contributed by atoms with Gasteiger partial charge in [-0.1, -0.05) is 0 Å². The molecule has 4 bridgehead atoms. The Bertz CT molecular complexity index is 995. The fourth-order valence-electron chi connectivity index (χ4n) is 6.87. The van der Waals surface area contributed by atoms with E-state index in [0.717, 1.165) is 0 Å². The standard InChI is InChI=1S/C27H44O19/c1-35-5-9-13(30)21(15(32)26(41-9)45-18-10-6-38-22(18)16(33)24(37-3)42-10)46-27-17(34)23-19(11(43-27)7-39-23)44-25-14(31)20(36-2)12(29)8(4-28)40-25/h8-34H,4-7H2,1-3H3. The second-order valence-electron chi connectivity index (χ2n) is 12.1. The first kappa shape index (κ1) is 35.1. The summed E-state index contributed by atoms with van der Waals surface area (Å²) in [5.41, 5.74) is 0. The van der Waals surface area contributed by atoms with E-state index >= 15 is 0 Å². The first-order valence-electron chi connectivity index (χ1n) is 15.2. The summed E-state index contributed by atoms with van der Waals surface area (Å²) in [6.45, 7) is -0.622. The molecule has 46 heavy (non-hydrogen) atoms. The highest BCUT2D eigenvalue weighted by atomic mass is 16.8. The van der Waals surface area contributed by atoms with E-state index in [9.17, 15) is 35.7 Å². The van der Waals surface area contributed by atoms with Crippen molar-refractivity contribution in [2.45, 2.75) is 123 Å². The van der Waals surface area contributed by atoms with E-state index in [1.165, 1.54) is 21.3 Å². The zero-order valence-corrected chi connectivity index (χ0v) is 25.4. The second kappa shape index (κ2) is 14.6. The molecule has 19 nitrogen and oxygen atoms in total. The molecule has 0 aromatic rings. The van der Waals surface area contributed by atoms with Crippen molar-refractivity contribution >= 4 is 0 Å². The van der Waals surface area contributed by atoms with E-state index in [4.69, 9.17) is 56.8 Å². The third-order valence-electron chi connectivity index (χ3n) is 9.31. The lowest BCUT2D eigenvalue weighted by atomic mass is 9.96. The van der Waals surface area contributed by atoms with E-state index in [0.29, 0.717) is 0 Å². The maximum absolute atomic E-state index is 11.3. The molecule has 20 atom stereocenters. The highest BCUT2D eigenvalue weighted by Crippen LogP contribution is 2.39. The van der Waals surface area contributed by atoms with Crippen LogP contribution in [0.1, 0.15) is 0 Å². The highest BCUT2D eigenvalue weighted by molar-refractivity contribution is 5.01. The van der Waals surface area contributed by atoms with Crippen molar-refractivity contribution in [3.05, 3.63) is 0 Å². The Labute approximate surface area is 263 Å². The molecule has 6 rings (SSSR count). The van der Waals surface area contributed by atoms with Crippen molar-refractivity contribution in [2.75, 3.05) is 47.8 Å². The average molecular weight is 673 g/mol. The number of aliphatic hydroxyl groups is 7. The van der Waals surface area contributed by atoms with Crippen LogP contribution in [0.3, 0.4) is 0 Å². The molecular formula is C27H44O19. The maximum Gasteiger partial charge on any atom is 0.187 e. The predicted octanol–water partition coefficient (Wildman–Crippen LogP) is -5.70. The molecule has 6 heterocycles. The normalized spacial score (nSPS) is 53.9. The van der Waals surface area contributed by atoms with Gasteiger partial charge in [-0.2, -0.15) is 0 Å². The molecule has 266 valence electrons. The van der Waals surface area contributed by atoms with Gasteiger partial charge in [-0.25, -0.2) is 0 Å². The molecule has 0 aromatic carbocycles. The molecule has 0 radical (unpaired) electrons. The van der Waals surface area contributed by atoms with Crippen LogP contribution in [0.25, 0.3) is 0 Å². The first-order chi connectivity index (χ1) is 22.1. The fraction of sp³-hybridized carbons (Fsp3) is 1.00. The van der Waals surface area contributed by atoms with Gasteiger partial charge >= 0.3 is 0 Å². The lowest BCUT2D eigenvalue weighted by Crippen LogP contribution is -2.65. The Balaban J connectivity index is 1.13. The number of hydrogen-bond donors (Lipinski definition) is 7. The summed E-state index contributed by atoms with van der Waals surface area (Å²) in [7, 11) is 4.06. The van der Waals surface area contributed by atoms with Crippen LogP contribution in [-0.4, -0.2) is 206 Å². The monoisotopic (exact) mass is 672 g/mol. The van der Waals surface area contributed by atoms with E-state index in [-0.39, 0.29) is 19.8 Å². The Kier molecular flexibility index (Phi) is 11.1. The molecule has 6 aliphatic heterocycles. The summed E-state index contributed by atoms with van der Waals surface area (Å²) in [5, 5.41) is 74.9. The summed E-state index contributed by atoms with van der Waals surface area (Å²) in [6, 6.07) is 0. The lowest BCUT2D eigenvalue weighted by Gasteiger charge is -2.47. The molecule has 6 fully saturated rings. The summed E-state index contributed by atoms with van der Waals surface area (Å²) in [4.78, 5) is 0. The molecule has 0 aromatic heterocycles. The molecule has 6 saturated heterocycles. The number of hydrogen-bond acceptors (Lipinski definition) is 19. The van der Waals surface area contributed by atoms with Crippen LogP contribution in [-0.2, 0) is 56.8 Å². The van der Waals surface area contributed by atoms with Crippen LogP contribution in [0.4, 0.5) is 0 Å². The van der Waals surface area contributed by atoms with Crippen LogP contribution in [0.5, 0.6) is 0 Å². The summed E-state index contributed by atoms with van der Waals surface area (Å²) >= 11 is 0. The van der Waals surface area contributed by atoms with Crippen LogP contribution in [0.2, 0.25) is 0 Å². The van der Waals surface area contributed by atoms with Crippen LogP contribution in [0.15, 0.2) is 0 Å². The van der Waals surface area contributed by atoms with Gasteiger partial charge in [0.1, 0.15) is 97.7 Å². The van der Waals surface area contributed by atoms with Gasteiger partial charge in [0.15, 0.2) is 25.2 Å². The van der Waals surface area contributed by atoms with Crippen molar-refractivity contribution in [3.8, 4) is 0 Å². The number of fused-ring (bicyclic) bond motifs is 4. The van der Waals surface area contributed by atoms with Crippen molar-refractivity contribution in [3.63, 3.8) is 0 Å². The largest absolute Gasteiger partial charge is 0.394 e. The number of methoxy groups -OCH3 is 3. The van der Waals surface area contributed by atoms with Crippen molar-refractivity contribution in [1.29, 1.82) is 0 Å². The first-order valence-corrected chi connectivity index (χ1v) is 15.2. The van der Waals surface area contributed by atoms with E-state index < -0.39 is 129 Å². The van der Waals surface area contributed by atoms with Gasteiger partial charge in [0.25, 0.3) is 0 Å². The molecule has 0 amide bonds. The summed E-state index contributed by atoms with van der Waals surface area (Å²) in [5.74, 6) is 0. The molecule has 0 saturated carbocycles. The zero-order valence-electron chi connectivity index (χ0n) is 25.4.